The maximum atomic E-state index is 13.0. The maximum Gasteiger partial charge on any atom is 0.254 e. The van der Waals surface area contributed by atoms with E-state index in [2.05, 4.69) is 0 Å². The second-order valence-electron chi connectivity index (χ2n) is 7.67. The Labute approximate surface area is 165 Å². The first-order chi connectivity index (χ1) is 12.0. The van der Waals surface area contributed by atoms with Gasteiger partial charge in [0.15, 0.2) is 17.1 Å². The molecule has 0 fully saturated rings. The molecule has 2 aliphatic rings. The number of Topliss-reactive ketones (excluding diaryl/α,β-unsaturated/α-hetero) is 2. The van der Waals surface area contributed by atoms with Gasteiger partial charge < -0.3 is 32.4 Å². The summed E-state index contributed by atoms with van der Waals surface area (Å²) in [5, 5.41) is 10.3. The van der Waals surface area contributed by atoms with Crippen LogP contribution in [0.2, 0.25) is 0 Å². The number of hydrogen-bond acceptors (Lipinski definition) is 6. The monoisotopic (exact) mass is 399 g/mol. The highest BCUT2D eigenvalue weighted by Gasteiger charge is 2.52. The molecule has 0 bridgehead atoms. The van der Waals surface area contributed by atoms with Gasteiger partial charge in [0.1, 0.15) is 6.10 Å². The Hall–Kier alpha value is -1.91. The summed E-state index contributed by atoms with van der Waals surface area (Å²) < 4.78 is 0. The van der Waals surface area contributed by atoms with E-state index in [0.717, 1.165) is 0 Å². The lowest BCUT2D eigenvalue weighted by molar-refractivity contribution is -0.141. The van der Waals surface area contributed by atoms with Crippen LogP contribution in [0, 0.1) is 11.8 Å². The lowest BCUT2D eigenvalue weighted by Gasteiger charge is -2.32. The van der Waals surface area contributed by atoms with Crippen LogP contribution in [0.1, 0.15) is 33.6 Å². The van der Waals surface area contributed by atoms with Crippen molar-refractivity contribution in [3.63, 3.8) is 0 Å². The van der Waals surface area contributed by atoms with E-state index in [-0.39, 0.29) is 29.2 Å². The maximum absolute atomic E-state index is 13.0. The van der Waals surface area contributed by atoms with E-state index in [1.165, 1.54) is 18.9 Å². The van der Waals surface area contributed by atoms with E-state index in [1.54, 1.807) is 19.9 Å². The number of carbonyl (C=O) groups is 3. The number of allylic oxidation sites excluding steroid dienone is 1. The van der Waals surface area contributed by atoms with Gasteiger partial charge >= 0.3 is 0 Å². The van der Waals surface area contributed by atoms with Crippen LogP contribution in [0.5, 0.6) is 0 Å². The van der Waals surface area contributed by atoms with Gasteiger partial charge in [-0.15, -0.1) is 0 Å². The van der Waals surface area contributed by atoms with Crippen molar-refractivity contribution >= 4 is 17.5 Å². The number of ketones is 2. The van der Waals surface area contributed by atoms with Crippen LogP contribution in [-0.2, 0) is 14.4 Å². The van der Waals surface area contributed by atoms with E-state index < -0.39 is 35.3 Å². The Balaban J connectivity index is 0.00000364. The van der Waals surface area contributed by atoms with Gasteiger partial charge in [0.2, 0.25) is 0 Å². The topological polar surface area (TPSA) is 190 Å². The number of aliphatic hydroxyl groups excluding tert-OH is 1. The van der Waals surface area contributed by atoms with Gasteiger partial charge in [-0.3, -0.25) is 14.4 Å². The Morgan fingerprint density at radius 1 is 1.29 bits per heavy atom. The third kappa shape index (κ3) is 4.23. The average molecular weight is 399 g/mol. The van der Waals surface area contributed by atoms with Gasteiger partial charge in [0, 0.05) is 13.6 Å². The van der Waals surface area contributed by atoms with Gasteiger partial charge in [-0.2, -0.15) is 0 Å². The van der Waals surface area contributed by atoms with Crippen molar-refractivity contribution < 1.29 is 30.4 Å². The van der Waals surface area contributed by atoms with Crippen LogP contribution in [0.25, 0.3) is 0 Å². The highest BCUT2D eigenvalue weighted by molar-refractivity contribution is 6.16. The molecule has 28 heavy (non-hydrogen) atoms. The first-order valence-electron chi connectivity index (χ1n) is 8.99. The van der Waals surface area contributed by atoms with Gasteiger partial charge in [-0.05, 0) is 31.3 Å². The molecule has 0 aromatic carbocycles. The van der Waals surface area contributed by atoms with E-state index in [4.69, 9.17) is 11.5 Å². The third-order valence-electron chi connectivity index (χ3n) is 5.27. The minimum Gasteiger partial charge on any atom is -0.412 e. The summed E-state index contributed by atoms with van der Waals surface area (Å²) in [5.41, 5.74) is 11.3. The van der Waals surface area contributed by atoms with Crippen molar-refractivity contribution in [1.82, 2.24) is 4.90 Å². The molecule has 1 aliphatic carbocycles. The minimum atomic E-state index is -1.91. The van der Waals surface area contributed by atoms with Crippen LogP contribution in [0.4, 0.5) is 0 Å². The van der Waals surface area contributed by atoms with Crippen molar-refractivity contribution in [2.24, 2.45) is 23.3 Å². The predicted octanol–water partition coefficient (Wildman–Crippen LogP) is -1.73. The summed E-state index contributed by atoms with van der Waals surface area (Å²) >= 11 is 0. The number of amides is 1. The molecule has 0 aromatic rings. The molecule has 9 heteroatoms. The lowest BCUT2D eigenvalue weighted by atomic mass is 9.74. The van der Waals surface area contributed by atoms with Gasteiger partial charge in [0.25, 0.3) is 5.91 Å². The fourth-order valence-electron chi connectivity index (χ4n) is 3.71. The van der Waals surface area contributed by atoms with E-state index in [1.807, 2.05) is 6.08 Å². The van der Waals surface area contributed by atoms with Crippen LogP contribution in [0.15, 0.2) is 23.3 Å². The summed E-state index contributed by atoms with van der Waals surface area (Å²) in [6.07, 6.45) is 3.56. The highest BCUT2D eigenvalue weighted by Crippen LogP contribution is 2.37. The molecule has 4 atom stereocenters. The second kappa shape index (κ2) is 9.53. The summed E-state index contributed by atoms with van der Waals surface area (Å²) in [7, 11) is 1.52. The molecule has 2 rings (SSSR count). The first-order valence-corrected chi connectivity index (χ1v) is 8.99. The molecule has 0 saturated heterocycles. The minimum absolute atomic E-state index is 0. The lowest BCUT2D eigenvalue weighted by Crippen LogP contribution is -2.63. The third-order valence-corrected chi connectivity index (χ3v) is 5.27. The summed E-state index contributed by atoms with van der Waals surface area (Å²) in [5.74, 6) is -2.44. The van der Waals surface area contributed by atoms with Crippen molar-refractivity contribution in [3.05, 3.63) is 23.3 Å². The summed E-state index contributed by atoms with van der Waals surface area (Å²) in [4.78, 5) is 40.0. The highest BCUT2D eigenvalue weighted by atomic mass is 16.3. The Kier molecular flexibility index (Phi) is 8.88. The molecule has 0 saturated carbocycles. The quantitative estimate of drug-likeness (QED) is 0.460. The van der Waals surface area contributed by atoms with Gasteiger partial charge in [-0.25, -0.2) is 0 Å². The van der Waals surface area contributed by atoms with E-state index >= 15 is 0 Å². The molecule has 0 radical (unpaired) electrons. The standard InChI is InChI=1S/C19H29N3O4.2H2O/c1-10(2)15(23)16(24)13-9-22(4)18(26)19(21,17(25)11(3)20)14-8-6-5-7-12(13)14;;/h6,8,10-11,13,15,23H,5,7,9,20-21H2,1-4H3;2*1H2/t11-,13?,15-,19-;;/m0../s1. The Bertz CT molecular complexity index is 685. The summed E-state index contributed by atoms with van der Waals surface area (Å²) in [6, 6.07) is -0.921. The molecule has 1 amide bonds. The number of aliphatic hydroxyl groups is 1. The van der Waals surface area contributed by atoms with Crippen LogP contribution >= 0.6 is 0 Å². The first kappa shape index (κ1) is 26.1. The number of carbonyl (C=O) groups excluding carboxylic acids is 3. The number of rotatable bonds is 5. The molecule has 0 spiro atoms. The van der Waals surface area contributed by atoms with Gasteiger partial charge in [-0.1, -0.05) is 31.6 Å². The predicted molar refractivity (Wildman–Crippen MR) is 105 cm³/mol. The molecule has 9 nitrogen and oxygen atoms in total. The fraction of sp³-hybridized carbons (Fsp3) is 0.632. The van der Waals surface area contributed by atoms with E-state index in [9.17, 15) is 19.5 Å². The van der Waals surface area contributed by atoms with Crippen LogP contribution < -0.4 is 11.5 Å². The molecular formula is C19H33N3O6. The molecule has 0 aromatic heterocycles. The molecule has 1 unspecified atom stereocenters. The van der Waals surface area contributed by atoms with Crippen LogP contribution in [0.3, 0.4) is 0 Å². The van der Waals surface area contributed by atoms with Crippen molar-refractivity contribution in [1.29, 1.82) is 0 Å². The van der Waals surface area contributed by atoms with E-state index in [0.29, 0.717) is 24.0 Å². The number of likely N-dealkylation sites (N-methyl/N-ethyl adjacent to an activating group) is 1. The van der Waals surface area contributed by atoms with Crippen LogP contribution in [-0.4, -0.2) is 69.7 Å². The molecule has 1 aliphatic heterocycles. The Morgan fingerprint density at radius 2 is 1.86 bits per heavy atom. The van der Waals surface area contributed by atoms with Gasteiger partial charge in [0.05, 0.1) is 12.0 Å². The number of hydrogen-bond donors (Lipinski definition) is 3. The number of nitrogens with two attached hydrogens (primary N) is 2. The summed E-state index contributed by atoms with van der Waals surface area (Å²) in [6.45, 7) is 5.10. The van der Waals surface area contributed by atoms with Crippen molar-refractivity contribution in [3.8, 4) is 0 Å². The van der Waals surface area contributed by atoms with Crippen molar-refractivity contribution in [2.75, 3.05) is 13.6 Å². The molecule has 9 N–H and O–H groups in total. The fourth-order valence-corrected chi connectivity index (χ4v) is 3.71. The smallest absolute Gasteiger partial charge is 0.254 e. The molecule has 160 valence electrons. The van der Waals surface area contributed by atoms with Crippen molar-refractivity contribution in [2.45, 2.75) is 51.3 Å². The Morgan fingerprint density at radius 3 is 2.36 bits per heavy atom. The zero-order chi connectivity index (χ0) is 19.8. The normalized spacial score (nSPS) is 26.6. The number of nitrogens with zero attached hydrogens (tertiary/aromatic N) is 1. The largest absolute Gasteiger partial charge is 0.412 e. The second-order valence-corrected chi connectivity index (χ2v) is 7.67. The zero-order valence-electron chi connectivity index (χ0n) is 16.9. The molecular weight excluding hydrogens is 366 g/mol. The molecule has 1 heterocycles. The average Bonchev–Trinajstić information content (AvgIpc) is 2.69. The SMILES string of the molecule is CC(C)[C@H](O)C(=O)C1CN(C)C(=O)[C@@](N)(C(=O)[C@H](C)N)C2=C1CCC=C2.O.O. The zero-order valence-corrected chi connectivity index (χ0v) is 16.9.